The summed E-state index contributed by atoms with van der Waals surface area (Å²) in [5.74, 6) is 0.372. The molecule has 0 unspecified atom stereocenters. The Hall–Kier alpha value is -2.56. The van der Waals surface area contributed by atoms with Gasteiger partial charge in [-0.2, -0.15) is 0 Å². The lowest BCUT2D eigenvalue weighted by atomic mass is 9.85. The number of carbonyl (C=O) groups is 2. The van der Waals surface area contributed by atoms with E-state index in [1.807, 2.05) is 24.3 Å². The van der Waals surface area contributed by atoms with E-state index in [1.165, 1.54) is 16.7 Å². The number of hydrogen-bond donors (Lipinski definition) is 1. The van der Waals surface area contributed by atoms with Gasteiger partial charge in [-0.3, -0.25) is 5.32 Å². The van der Waals surface area contributed by atoms with E-state index in [4.69, 9.17) is 9.47 Å². The van der Waals surface area contributed by atoms with E-state index in [0.29, 0.717) is 17.5 Å². The summed E-state index contributed by atoms with van der Waals surface area (Å²) in [6.07, 6.45) is 1.49. The molecule has 148 valence electrons. The molecule has 0 saturated carbocycles. The molecular weight excluding hydrogens is 342 g/mol. The summed E-state index contributed by atoms with van der Waals surface area (Å²) in [5, 5.41) is 2.67. The molecule has 0 fully saturated rings. The van der Waals surface area contributed by atoms with E-state index in [9.17, 15) is 9.59 Å². The zero-order valence-corrected chi connectivity index (χ0v) is 17.0. The van der Waals surface area contributed by atoms with E-state index in [0.717, 1.165) is 12.5 Å². The van der Waals surface area contributed by atoms with Crippen LogP contribution in [0.5, 0.6) is 0 Å². The van der Waals surface area contributed by atoms with Crippen molar-refractivity contribution in [2.75, 3.05) is 18.5 Å². The van der Waals surface area contributed by atoms with Crippen molar-refractivity contribution in [1.82, 2.24) is 0 Å². The quantitative estimate of drug-likeness (QED) is 0.356. The Balaban J connectivity index is 2.73. The average molecular weight is 373 g/mol. The second-order valence-corrected chi connectivity index (χ2v) is 6.81. The normalized spacial score (nSPS) is 11.8. The lowest BCUT2D eigenvalue weighted by Gasteiger charge is -2.21. The largest absolute Gasteiger partial charge is 0.459 e. The Kier molecular flexibility index (Phi) is 9.34. The summed E-state index contributed by atoms with van der Waals surface area (Å²) in [6.45, 7) is 14.3. The van der Waals surface area contributed by atoms with Gasteiger partial charge in [0, 0.05) is 11.8 Å². The zero-order chi connectivity index (χ0) is 20.4. The van der Waals surface area contributed by atoms with Crippen LogP contribution in [-0.2, 0) is 14.3 Å². The Bertz CT molecular complexity index is 672. The lowest BCUT2D eigenvalue weighted by Crippen LogP contribution is -2.17. The molecule has 1 aromatic carbocycles. The number of benzene rings is 1. The van der Waals surface area contributed by atoms with Crippen LogP contribution in [0.25, 0.3) is 5.57 Å². The summed E-state index contributed by atoms with van der Waals surface area (Å²) in [5.41, 5.74) is 4.65. The fourth-order valence-electron chi connectivity index (χ4n) is 3.02. The fraction of sp³-hybridized carbons (Fsp3) is 0.455. The molecule has 0 aliphatic carbocycles. The van der Waals surface area contributed by atoms with Crippen molar-refractivity contribution >= 4 is 23.3 Å². The molecule has 0 aliphatic heterocycles. The standard InChI is InChI=1S/C22H31NO4/c1-7-19(15(3)4)21(16(5)6)17-9-11-18(12-10-17)23-22(25)27-14-13-26-20(24)8-2/h8-12,15-16H,2,7,13-14H2,1,3-6H3,(H,23,25)/b21-19+. The van der Waals surface area contributed by atoms with Crippen LogP contribution in [0.4, 0.5) is 10.5 Å². The van der Waals surface area contributed by atoms with Crippen LogP contribution in [0.15, 0.2) is 42.5 Å². The molecule has 0 atom stereocenters. The predicted octanol–water partition coefficient (Wildman–Crippen LogP) is 5.44. The number of hydrogen-bond acceptors (Lipinski definition) is 4. The smallest absolute Gasteiger partial charge is 0.411 e. The van der Waals surface area contributed by atoms with Crippen molar-refractivity contribution in [3.63, 3.8) is 0 Å². The van der Waals surface area contributed by atoms with Crippen molar-refractivity contribution in [2.24, 2.45) is 11.8 Å². The summed E-state index contributed by atoms with van der Waals surface area (Å²) in [6, 6.07) is 7.78. The van der Waals surface area contributed by atoms with E-state index < -0.39 is 12.1 Å². The molecule has 5 nitrogen and oxygen atoms in total. The van der Waals surface area contributed by atoms with Gasteiger partial charge >= 0.3 is 12.1 Å². The minimum absolute atomic E-state index is 0.00521. The highest BCUT2D eigenvalue weighted by molar-refractivity contribution is 5.85. The molecule has 5 heteroatoms. The Labute approximate surface area is 162 Å². The first kappa shape index (κ1) is 22.5. The summed E-state index contributed by atoms with van der Waals surface area (Å²) >= 11 is 0. The van der Waals surface area contributed by atoms with Gasteiger partial charge in [0.15, 0.2) is 0 Å². The highest BCUT2D eigenvalue weighted by atomic mass is 16.6. The second kappa shape index (κ2) is 11.2. The van der Waals surface area contributed by atoms with Gasteiger partial charge < -0.3 is 9.47 Å². The third-order valence-corrected chi connectivity index (χ3v) is 4.17. The van der Waals surface area contributed by atoms with Gasteiger partial charge in [0.1, 0.15) is 13.2 Å². The van der Waals surface area contributed by atoms with Crippen LogP contribution < -0.4 is 5.32 Å². The maximum Gasteiger partial charge on any atom is 0.411 e. The number of carbonyl (C=O) groups excluding carboxylic acids is 2. The minimum Gasteiger partial charge on any atom is -0.459 e. The molecule has 0 heterocycles. The summed E-state index contributed by atoms with van der Waals surface area (Å²) < 4.78 is 9.71. The Morgan fingerprint density at radius 3 is 2.11 bits per heavy atom. The van der Waals surface area contributed by atoms with Crippen LogP contribution in [0.2, 0.25) is 0 Å². The van der Waals surface area contributed by atoms with Crippen LogP contribution in [0.3, 0.4) is 0 Å². The van der Waals surface area contributed by atoms with Gasteiger partial charge in [-0.1, -0.05) is 58.9 Å². The predicted molar refractivity (Wildman–Crippen MR) is 109 cm³/mol. The second-order valence-electron chi connectivity index (χ2n) is 6.81. The minimum atomic E-state index is -0.589. The van der Waals surface area contributed by atoms with Gasteiger partial charge in [-0.25, -0.2) is 9.59 Å². The Morgan fingerprint density at radius 2 is 1.63 bits per heavy atom. The summed E-state index contributed by atoms with van der Waals surface area (Å²) in [4.78, 5) is 22.7. The van der Waals surface area contributed by atoms with E-state index in [1.54, 1.807) is 0 Å². The number of ether oxygens (including phenoxy) is 2. The van der Waals surface area contributed by atoms with Crippen molar-refractivity contribution in [1.29, 1.82) is 0 Å². The molecule has 0 bridgehead atoms. The van der Waals surface area contributed by atoms with Crippen LogP contribution >= 0.6 is 0 Å². The first-order valence-corrected chi connectivity index (χ1v) is 9.36. The van der Waals surface area contributed by atoms with E-state index >= 15 is 0 Å². The highest BCUT2D eigenvalue weighted by Crippen LogP contribution is 2.32. The number of anilines is 1. The van der Waals surface area contributed by atoms with E-state index in [-0.39, 0.29) is 13.2 Å². The highest BCUT2D eigenvalue weighted by Gasteiger charge is 2.15. The number of nitrogens with one attached hydrogen (secondary N) is 1. The molecule has 1 aromatic rings. The molecule has 0 spiro atoms. The number of allylic oxidation sites excluding steroid dienone is 2. The molecule has 1 rings (SSSR count). The van der Waals surface area contributed by atoms with Gasteiger partial charge in [0.2, 0.25) is 0 Å². The number of esters is 1. The van der Waals surface area contributed by atoms with Crippen LogP contribution in [0.1, 0.15) is 46.6 Å². The SMILES string of the molecule is C=CC(=O)OCCOC(=O)Nc1ccc(/C(=C(\CC)C(C)C)C(C)C)cc1. The molecule has 0 aliphatic rings. The molecule has 0 aromatic heterocycles. The van der Waals surface area contributed by atoms with Crippen molar-refractivity contribution in [3.8, 4) is 0 Å². The van der Waals surface area contributed by atoms with Crippen molar-refractivity contribution in [2.45, 2.75) is 41.0 Å². The van der Waals surface area contributed by atoms with Gasteiger partial charge in [0.25, 0.3) is 0 Å². The molecular formula is C22H31NO4. The van der Waals surface area contributed by atoms with Gasteiger partial charge in [-0.15, -0.1) is 0 Å². The Morgan fingerprint density at radius 1 is 1.04 bits per heavy atom. The monoisotopic (exact) mass is 373 g/mol. The molecule has 1 N–H and O–H groups in total. The van der Waals surface area contributed by atoms with Crippen LogP contribution in [-0.4, -0.2) is 25.3 Å². The topological polar surface area (TPSA) is 64.6 Å². The average Bonchev–Trinajstić information content (AvgIpc) is 2.63. The maximum absolute atomic E-state index is 11.8. The van der Waals surface area contributed by atoms with Crippen molar-refractivity contribution in [3.05, 3.63) is 48.1 Å². The third kappa shape index (κ3) is 7.29. The van der Waals surface area contributed by atoms with Crippen molar-refractivity contribution < 1.29 is 19.1 Å². The molecule has 0 radical (unpaired) electrons. The molecule has 1 amide bonds. The third-order valence-electron chi connectivity index (χ3n) is 4.17. The van der Waals surface area contributed by atoms with E-state index in [2.05, 4.69) is 46.5 Å². The maximum atomic E-state index is 11.8. The van der Waals surface area contributed by atoms with Gasteiger partial charge in [0.05, 0.1) is 0 Å². The number of rotatable bonds is 9. The first-order valence-electron chi connectivity index (χ1n) is 9.36. The zero-order valence-electron chi connectivity index (χ0n) is 17.0. The molecule has 0 saturated heterocycles. The number of amides is 1. The summed E-state index contributed by atoms with van der Waals surface area (Å²) in [7, 11) is 0. The fourth-order valence-corrected chi connectivity index (χ4v) is 3.02. The van der Waals surface area contributed by atoms with Crippen LogP contribution in [0, 0.1) is 11.8 Å². The first-order chi connectivity index (χ1) is 12.8. The van der Waals surface area contributed by atoms with Gasteiger partial charge in [-0.05, 0) is 41.5 Å². The lowest BCUT2D eigenvalue weighted by molar-refractivity contribution is -0.138. The molecule has 27 heavy (non-hydrogen) atoms.